The first-order chi connectivity index (χ1) is 7.68. The number of nitrogens with one attached hydrogen (secondary N) is 1. The third kappa shape index (κ3) is 2.98. The van der Waals surface area contributed by atoms with Crippen LogP contribution in [0.15, 0.2) is 0 Å². The molecule has 1 fully saturated rings. The molecule has 0 amide bonds. The summed E-state index contributed by atoms with van der Waals surface area (Å²) in [5, 5.41) is 0. The van der Waals surface area contributed by atoms with Gasteiger partial charge in [-0.1, -0.05) is 6.92 Å². The molecule has 3 N–H and O–H groups in total. The van der Waals surface area contributed by atoms with E-state index in [0.29, 0.717) is 6.42 Å². The SMILES string of the molecule is C#CCC(NN)C1(OCC)CCC(C)CC1. The summed E-state index contributed by atoms with van der Waals surface area (Å²) in [6.45, 7) is 5.04. The molecule has 1 atom stereocenters. The fourth-order valence-corrected chi connectivity index (χ4v) is 2.65. The van der Waals surface area contributed by atoms with Gasteiger partial charge in [-0.3, -0.25) is 11.3 Å². The maximum Gasteiger partial charge on any atom is 0.0857 e. The molecular weight excluding hydrogens is 200 g/mol. The molecule has 3 nitrogen and oxygen atoms in total. The Bertz CT molecular complexity index is 239. The molecule has 1 saturated carbocycles. The van der Waals surface area contributed by atoms with Gasteiger partial charge in [0, 0.05) is 13.0 Å². The highest BCUT2D eigenvalue weighted by molar-refractivity contribution is 5.02. The van der Waals surface area contributed by atoms with Crippen LogP contribution in [0.4, 0.5) is 0 Å². The fraction of sp³-hybridized carbons (Fsp3) is 0.846. The number of hydrazine groups is 1. The minimum Gasteiger partial charge on any atom is -0.374 e. The predicted molar refractivity (Wildman–Crippen MR) is 66.6 cm³/mol. The lowest BCUT2D eigenvalue weighted by Crippen LogP contribution is -2.56. The minimum absolute atomic E-state index is 0.0740. The second-order valence-corrected chi connectivity index (χ2v) is 4.81. The van der Waals surface area contributed by atoms with Gasteiger partial charge in [0.2, 0.25) is 0 Å². The molecule has 0 saturated heterocycles. The Morgan fingerprint density at radius 2 is 2.19 bits per heavy atom. The van der Waals surface area contributed by atoms with Gasteiger partial charge < -0.3 is 4.74 Å². The summed E-state index contributed by atoms with van der Waals surface area (Å²) in [5.41, 5.74) is 2.70. The molecular formula is C13H24N2O. The molecule has 1 rings (SSSR count). The summed E-state index contributed by atoms with van der Waals surface area (Å²) in [5.74, 6) is 9.09. The van der Waals surface area contributed by atoms with E-state index in [2.05, 4.69) is 18.3 Å². The zero-order chi connectivity index (χ0) is 12.0. The summed E-state index contributed by atoms with van der Waals surface area (Å²) in [6, 6.07) is 0.0740. The summed E-state index contributed by atoms with van der Waals surface area (Å²) < 4.78 is 5.99. The van der Waals surface area contributed by atoms with Gasteiger partial charge in [-0.2, -0.15) is 0 Å². The molecule has 92 valence electrons. The van der Waals surface area contributed by atoms with Crippen molar-refractivity contribution in [1.29, 1.82) is 0 Å². The van der Waals surface area contributed by atoms with Crippen LogP contribution in [0.3, 0.4) is 0 Å². The van der Waals surface area contributed by atoms with Crippen molar-refractivity contribution in [3.05, 3.63) is 0 Å². The van der Waals surface area contributed by atoms with Gasteiger partial charge in [0.25, 0.3) is 0 Å². The van der Waals surface area contributed by atoms with E-state index in [1.54, 1.807) is 0 Å². The van der Waals surface area contributed by atoms with E-state index in [4.69, 9.17) is 17.0 Å². The van der Waals surface area contributed by atoms with Gasteiger partial charge in [-0.25, -0.2) is 0 Å². The maximum absolute atomic E-state index is 5.99. The van der Waals surface area contributed by atoms with Crippen molar-refractivity contribution in [1.82, 2.24) is 5.43 Å². The summed E-state index contributed by atoms with van der Waals surface area (Å²) in [6.07, 6.45) is 10.5. The van der Waals surface area contributed by atoms with Crippen LogP contribution in [-0.2, 0) is 4.74 Å². The molecule has 3 heteroatoms. The first kappa shape index (κ1) is 13.5. The first-order valence-electron chi connectivity index (χ1n) is 6.22. The third-order valence-corrected chi connectivity index (χ3v) is 3.71. The fourth-order valence-electron chi connectivity index (χ4n) is 2.65. The van der Waals surface area contributed by atoms with E-state index in [-0.39, 0.29) is 11.6 Å². The van der Waals surface area contributed by atoms with Gasteiger partial charge in [0.1, 0.15) is 0 Å². The van der Waals surface area contributed by atoms with Crippen molar-refractivity contribution in [2.24, 2.45) is 11.8 Å². The molecule has 1 aliphatic carbocycles. The average Bonchev–Trinajstić information content (AvgIpc) is 2.30. The monoisotopic (exact) mass is 224 g/mol. The molecule has 0 aromatic carbocycles. The van der Waals surface area contributed by atoms with Gasteiger partial charge in [0.05, 0.1) is 11.6 Å². The van der Waals surface area contributed by atoms with Crippen LogP contribution in [0, 0.1) is 18.3 Å². The number of hydrogen-bond donors (Lipinski definition) is 2. The molecule has 0 heterocycles. The third-order valence-electron chi connectivity index (χ3n) is 3.71. The van der Waals surface area contributed by atoms with Crippen molar-refractivity contribution in [2.75, 3.05) is 6.61 Å². The molecule has 16 heavy (non-hydrogen) atoms. The summed E-state index contributed by atoms with van der Waals surface area (Å²) >= 11 is 0. The van der Waals surface area contributed by atoms with Crippen LogP contribution in [0.25, 0.3) is 0 Å². The lowest BCUT2D eigenvalue weighted by atomic mass is 9.74. The highest BCUT2D eigenvalue weighted by Gasteiger charge is 2.41. The summed E-state index contributed by atoms with van der Waals surface area (Å²) in [4.78, 5) is 0. The van der Waals surface area contributed by atoms with Crippen molar-refractivity contribution in [3.8, 4) is 12.3 Å². The van der Waals surface area contributed by atoms with E-state index in [9.17, 15) is 0 Å². The minimum atomic E-state index is -0.150. The molecule has 1 unspecified atom stereocenters. The van der Waals surface area contributed by atoms with Crippen LogP contribution in [-0.4, -0.2) is 18.2 Å². The molecule has 0 bridgehead atoms. The van der Waals surface area contributed by atoms with E-state index in [1.807, 2.05) is 6.92 Å². The molecule has 1 aliphatic rings. The Kier molecular flexibility index (Phi) is 5.27. The van der Waals surface area contributed by atoms with E-state index >= 15 is 0 Å². The molecule has 0 aromatic rings. The average molecular weight is 224 g/mol. The normalized spacial score (nSPS) is 32.0. The van der Waals surface area contributed by atoms with Gasteiger partial charge in [-0.05, 0) is 38.5 Å². The van der Waals surface area contributed by atoms with Crippen LogP contribution >= 0.6 is 0 Å². The van der Waals surface area contributed by atoms with Crippen molar-refractivity contribution < 1.29 is 4.74 Å². The zero-order valence-electron chi connectivity index (χ0n) is 10.5. The largest absolute Gasteiger partial charge is 0.374 e. The molecule has 0 radical (unpaired) electrons. The van der Waals surface area contributed by atoms with Crippen LogP contribution in [0.1, 0.15) is 46.0 Å². The van der Waals surface area contributed by atoms with Gasteiger partial charge >= 0.3 is 0 Å². The van der Waals surface area contributed by atoms with Crippen molar-refractivity contribution in [3.63, 3.8) is 0 Å². The number of ether oxygens (including phenoxy) is 1. The quantitative estimate of drug-likeness (QED) is 0.425. The number of rotatable bonds is 5. The lowest BCUT2D eigenvalue weighted by Gasteiger charge is -2.44. The highest BCUT2D eigenvalue weighted by atomic mass is 16.5. The topological polar surface area (TPSA) is 47.3 Å². The molecule has 0 aromatic heterocycles. The Hall–Kier alpha value is -0.560. The predicted octanol–water partition coefficient (Wildman–Crippen LogP) is 1.83. The van der Waals surface area contributed by atoms with Crippen LogP contribution in [0.5, 0.6) is 0 Å². The van der Waals surface area contributed by atoms with Crippen molar-refractivity contribution in [2.45, 2.75) is 57.6 Å². The smallest absolute Gasteiger partial charge is 0.0857 e. The maximum atomic E-state index is 5.99. The second kappa shape index (κ2) is 6.24. The van der Waals surface area contributed by atoms with E-state index in [0.717, 1.165) is 25.4 Å². The Morgan fingerprint density at radius 1 is 1.56 bits per heavy atom. The number of nitrogens with two attached hydrogens (primary N) is 1. The van der Waals surface area contributed by atoms with Gasteiger partial charge in [0.15, 0.2) is 0 Å². The molecule has 0 aliphatic heterocycles. The van der Waals surface area contributed by atoms with Crippen LogP contribution in [0.2, 0.25) is 0 Å². The highest BCUT2D eigenvalue weighted by Crippen LogP contribution is 2.37. The van der Waals surface area contributed by atoms with E-state index < -0.39 is 0 Å². The Labute approximate surface area is 99.1 Å². The first-order valence-corrected chi connectivity index (χ1v) is 6.22. The Balaban J connectivity index is 2.74. The van der Waals surface area contributed by atoms with Crippen molar-refractivity contribution >= 4 is 0 Å². The number of terminal acetylenes is 1. The lowest BCUT2D eigenvalue weighted by molar-refractivity contribution is -0.0952. The standard InChI is InChI=1S/C13H24N2O/c1-4-6-12(15-14)13(16-5-2)9-7-11(3)8-10-13/h1,11-12,15H,5-10,14H2,2-3H3. The second-order valence-electron chi connectivity index (χ2n) is 4.81. The summed E-state index contributed by atoms with van der Waals surface area (Å²) in [7, 11) is 0. The van der Waals surface area contributed by atoms with Gasteiger partial charge in [-0.15, -0.1) is 12.3 Å². The zero-order valence-corrected chi connectivity index (χ0v) is 10.5. The van der Waals surface area contributed by atoms with E-state index in [1.165, 1.54) is 12.8 Å². The Morgan fingerprint density at radius 3 is 2.62 bits per heavy atom. The number of hydrogen-bond acceptors (Lipinski definition) is 3. The van der Waals surface area contributed by atoms with Crippen LogP contribution < -0.4 is 11.3 Å². The molecule has 0 spiro atoms.